The normalized spacial score (nSPS) is 12.1. The van der Waals surface area contributed by atoms with Crippen molar-refractivity contribution in [2.45, 2.75) is 97.0 Å². The minimum absolute atomic E-state index is 0.282. The molecule has 0 amide bonds. The summed E-state index contributed by atoms with van der Waals surface area (Å²) in [5.74, 6) is -0.369. The molecule has 0 aromatic carbocycles. The third kappa shape index (κ3) is 14.1. The zero-order valence-electron chi connectivity index (χ0n) is 14.7. The summed E-state index contributed by atoms with van der Waals surface area (Å²) in [6.45, 7) is 7.68. The van der Waals surface area contributed by atoms with E-state index >= 15 is 0 Å². The van der Waals surface area contributed by atoms with Gasteiger partial charge in [-0.2, -0.15) is 0 Å². The van der Waals surface area contributed by atoms with Gasteiger partial charge in [0.15, 0.2) is 0 Å². The molecule has 0 saturated heterocycles. The summed E-state index contributed by atoms with van der Waals surface area (Å²) in [4.78, 5) is 11.2. The minimum atomic E-state index is -0.369. The Morgan fingerprint density at radius 1 is 0.955 bits per heavy atom. The number of esters is 1. The van der Waals surface area contributed by atoms with Crippen LogP contribution in [-0.2, 0) is 9.53 Å². The number of aliphatic hydroxyl groups excluding tert-OH is 1. The van der Waals surface area contributed by atoms with E-state index in [1.165, 1.54) is 57.8 Å². The van der Waals surface area contributed by atoms with Crippen molar-refractivity contribution < 1.29 is 14.6 Å². The van der Waals surface area contributed by atoms with E-state index in [1.54, 1.807) is 6.92 Å². The van der Waals surface area contributed by atoms with Gasteiger partial charge in [-0.15, -0.1) is 0 Å². The average molecular weight is 312 g/mol. The average Bonchev–Trinajstić information content (AvgIpc) is 2.49. The first-order chi connectivity index (χ1) is 10.6. The highest BCUT2D eigenvalue weighted by Gasteiger charge is 2.07. The van der Waals surface area contributed by atoms with E-state index in [9.17, 15) is 9.90 Å². The number of ether oxygens (including phenoxy) is 1. The van der Waals surface area contributed by atoms with Crippen LogP contribution in [0.4, 0.5) is 0 Å². The summed E-state index contributed by atoms with van der Waals surface area (Å²) in [7, 11) is 0. The zero-order valence-corrected chi connectivity index (χ0v) is 14.7. The first kappa shape index (κ1) is 21.2. The van der Waals surface area contributed by atoms with Crippen LogP contribution < -0.4 is 0 Å². The molecule has 1 atom stereocenters. The summed E-state index contributed by atoms with van der Waals surface area (Å²) in [5, 5.41) is 9.81. The molecule has 0 aliphatic carbocycles. The minimum Gasteiger partial charge on any atom is -0.462 e. The van der Waals surface area contributed by atoms with Gasteiger partial charge in [0.2, 0.25) is 0 Å². The van der Waals surface area contributed by atoms with Crippen LogP contribution in [0.2, 0.25) is 0 Å². The van der Waals surface area contributed by atoms with Crippen molar-refractivity contribution in [3.05, 3.63) is 12.2 Å². The Bertz CT molecular complexity index is 286. The topological polar surface area (TPSA) is 46.5 Å². The van der Waals surface area contributed by atoms with E-state index in [0.717, 1.165) is 12.8 Å². The van der Waals surface area contributed by atoms with Crippen LogP contribution >= 0.6 is 0 Å². The van der Waals surface area contributed by atoms with E-state index in [4.69, 9.17) is 4.74 Å². The Hall–Kier alpha value is -0.830. The van der Waals surface area contributed by atoms with Crippen molar-refractivity contribution in [3.63, 3.8) is 0 Å². The molecule has 0 spiro atoms. The first-order valence-electron chi connectivity index (χ1n) is 9.08. The lowest BCUT2D eigenvalue weighted by Crippen LogP contribution is -2.13. The van der Waals surface area contributed by atoms with E-state index in [0.29, 0.717) is 12.0 Å². The number of rotatable bonds is 15. The largest absolute Gasteiger partial charge is 0.462 e. The highest BCUT2D eigenvalue weighted by atomic mass is 16.5. The second-order valence-electron chi connectivity index (χ2n) is 6.33. The predicted molar refractivity (Wildman–Crippen MR) is 92.9 cm³/mol. The van der Waals surface area contributed by atoms with Gasteiger partial charge in [0.25, 0.3) is 0 Å². The molecule has 22 heavy (non-hydrogen) atoms. The van der Waals surface area contributed by atoms with Crippen LogP contribution in [0.15, 0.2) is 12.2 Å². The molecule has 0 saturated carbocycles. The molecule has 0 rings (SSSR count). The summed E-state index contributed by atoms with van der Waals surface area (Å²) in [6, 6.07) is 0. The second-order valence-corrected chi connectivity index (χ2v) is 6.33. The number of hydrogen-bond acceptors (Lipinski definition) is 3. The van der Waals surface area contributed by atoms with Gasteiger partial charge in [0.05, 0.1) is 12.7 Å². The fraction of sp³-hybridized carbons (Fsp3) is 0.842. The van der Waals surface area contributed by atoms with E-state index in [1.807, 2.05) is 0 Å². The van der Waals surface area contributed by atoms with Crippen LogP contribution in [0.1, 0.15) is 90.9 Å². The van der Waals surface area contributed by atoms with Gasteiger partial charge in [-0.05, 0) is 13.3 Å². The van der Waals surface area contributed by atoms with Crippen molar-refractivity contribution in [1.29, 1.82) is 0 Å². The summed E-state index contributed by atoms with van der Waals surface area (Å²) in [5.41, 5.74) is 0.407. The fourth-order valence-electron chi connectivity index (χ4n) is 2.42. The molecular weight excluding hydrogens is 276 g/mol. The molecule has 0 aliphatic rings. The Kier molecular flexibility index (Phi) is 14.5. The molecule has 0 aromatic rings. The van der Waals surface area contributed by atoms with E-state index in [2.05, 4.69) is 13.5 Å². The summed E-state index contributed by atoms with van der Waals surface area (Å²) < 4.78 is 4.98. The number of carbonyl (C=O) groups is 1. The van der Waals surface area contributed by atoms with Gasteiger partial charge in [0.1, 0.15) is 0 Å². The Labute approximate surface area is 137 Å². The maximum Gasteiger partial charge on any atom is 0.333 e. The molecule has 0 fully saturated rings. The fourth-order valence-corrected chi connectivity index (χ4v) is 2.42. The lowest BCUT2D eigenvalue weighted by Gasteiger charge is -2.10. The van der Waals surface area contributed by atoms with Crippen molar-refractivity contribution in [3.8, 4) is 0 Å². The Balaban J connectivity index is 3.26. The maximum atomic E-state index is 11.2. The van der Waals surface area contributed by atoms with E-state index in [-0.39, 0.29) is 18.7 Å². The second kappa shape index (κ2) is 15.1. The van der Waals surface area contributed by atoms with Crippen LogP contribution in [0.3, 0.4) is 0 Å². The first-order valence-corrected chi connectivity index (χ1v) is 9.08. The van der Waals surface area contributed by atoms with Gasteiger partial charge >= 0.3 is 5.97 Å². The molecule has 0 aromatic heterocycles. The lowest BCUT2D eigenvalue weighted by atomic mass is 10.0. The number of unbranched alkanes of at least 4 members (excludes halogenated alkanes) is 9. The Morgan fingerprint density at radius 3 is 1.95 bits per heavy atom. The number of carbonyl (C=O) groups excluding carboxylic acids is 1. The number of hydrogen-bond donors (Lipinski definition) is 1. The van der Waals surface area contributed by atoms with Gasteiger partial charge in [0, 0.05) is 12.0 Å². The lowest BCUT2D eigenvalue weighted by molar-refractivity contribution is -0.139. The molecule has 1 unspecified atom stereocenters. The highest BCUT2D eigenvalue weighted by molar-refractivity contribution is 5.86. The maximum absolute atomic E-state index is 11.2. The third-order valence-electron chi connectivity index (χ3n) is 3.92. The van der Waals surface area contributed by atoms with Crippen LogP contribution in [0, 0.1) is 0 Å². The van der Waals surface area contributed by atoms with Gasteiger partial charge in [-0.25, -0.2) is 4.79 Å². The smallest absolute Gasteiger partial charge is 0.333 e. The summed E-state index contributed by atoms with van der Waals surface area (Å²) >= 11 is 0. The molecule has 3 nitrogen and oxygen atoms in total. The molecule has 0 heterocycles. The Morgan fingerprint density at radius 2 is 1.45 bits per heavy atom. The van der Waals surface area contributed by atoms with Crippen molar-refractivity contribution in [2.75, 3.05) is 6.61 Å². The predicted octanol–water partition coefficient (Wildman–Crippen LogP) is 5.17. The van der Waals surface area contributed by atoms with Crippen molar-refractivity contribution >= 4 is 5.97 Å². The zero-order chi connectivity index (χ0) is 16.6. The van der Waals surface area contributed by atoms with Gasteiger partial charge in [-0.3, -0.25) is 0 Å². The standard InChI is InChI=1S/C19H36O3/c1-4-5-6-7-8-9-10-11-12-13-14-18(20)15-16-22-19(21)17(2)3/h18,20H,2,4-16H2,1,3H3. The third-order valence-corrected chi connectivity index (χ3v) is 3.92. The molecular formula is C19H36O3. The SMILES string of the molecule is C=C(C)C(=O)OCCC(O)CCCCCCCCCCCC. The van der Waals surface area contributed by atoms with Crippen molar-refractivity contribution in [2.24, 2.45) is 0 Å². The van der Waals surface area contributed by atoms with Gasteiger partial charge in [-0.1, -0.05) is 77.7 Å². The molecule has 0 radical (unpaired) electrons. The quantitative estimate of drug-likeness (QED) is 0.258. The van der Waals surface area contributed by atoms with Crippen LogP contribution in [0.5, 0.6) is 0 Å². The van der Waals surface area contributed by atoms with E-state index < -0.39 is 0 Å². The molecule has 130 valence electrons. The van der Waals surface area contributed by atoms with Gasteiger partial charge < -0.3 is 9.84 Å². The summed E-state index contributed by atoms with van der Waals surface area (Å²) in [6.07, 6.45) is 14.0. The molecule has 1 N–H and O–H groups in total. The monoisotopic (exact) mass is 312 g/mol. The van der Waals surface area contributed by atoms with Crippen LogP contribution in [0.25, 0.3) is 0 Å². The number of aliphatic hydroxyl groups is 1. The van der Waals surface area contributed by atoms with Crippen LogP contribution in [-0.4, -0.2) is 23.8 Å². The van der Waals surface area contributed by atoms with Crippen molar-refractivity contribution in [1.82, 2.24) is 0 Å². The molecule has 0 bridgehead atoms. The molecule has 0 aliphatic heterocycles. The molecule has 3 heteroatoms. The highest BCUT2D eigenvalue weighted by Crippen LogP contribution is 2.12.